The van der Waals surface area contributed by atoms with Gasteiger partial charge in [0.25, 0.3) is 0 Å². The van der Waals surface area contributed by atoms with Gasteiger partial charge in [-0.15, -0.1) is 21.5 Å². The number of halogens is 3. The molecule has 0 radical (unpaired) electrons. The molecule has 8 nitrogen and oxygen atoms in total. The van der Waals surface area contributed by atoms with Gasteiger partial charge in [0.15, 0.2) is 0 Å². The first-order valence-corrected chi connectivity index (χ1v) is 11.4. The van der Waals surface area contributed by atoms with E-state index in [1.54, 1.807) is 24.3 Å². The van der Waals surface area contributed by atoms with Crippen LogP contribution in [0.1, 0.15) is 41.6 Å². The first-order valence-electron chi connectivity index (χ1n) is 10.6. The van der Waals surface area contributed by atoms with Crippen LogP contribution in [0.4, 0.5) is 13.2 Å². The van der Waals surface area contributed by atoms with Crippen LogP contribution in [0.15, 0.2) is 39.8 Å². The number of allylic oxidation sites excluding steroid dienone is 1. The Bertz CT molecular complexity index is 1320. The lowest BCUT2D eigenvalue weighted by atomic mass is 10.0. The minimum Gasteiger partial charge on any atom is -0.424 e. The molecule has 2 aromatic heterocycles. The van der Waals surface area contributed by atoms with Gasteiger partial charge in [-0.3, -0.25) is 9.79 Å². The maximum Gasteiger partial charge on any atom is 0.411 e. The van der Waals surface area contributed by atoms with Gasteiger partial charge < -0.3 is 15.1 Å². The van der Waals surface area contributed by atoms with Crippen molar-refractivity contribution in [1.29, 1.82) is 5.41 Å². The number of alkyl halides is 3. The summed E-state index contributed by atoms with van der Waals surface area (Å²) in [6.07, 6.45) is 1.52. The van der Waals surface area contributed by atoms with Crippen molar-refractivity contribution >= 4 is 39.4 Å². The summed E-state index contributed by atoms with van der Waals surface area (Å²) in [7, 11) is 0. The van der Waals surface area contributed by atoms with E-state index in [2.05, 4.69) is 25.5 Å². The predicted octanol–water partition coefficient (Wildman–Crippen LogP) is 3.79. The van der Waals surface area contributed by atoms with Gasteiger partial charge in [0.1, 0.15) is 17.5 Å². The van der Waals surface area contributed by atoms with Crippen molar-refractivity contribution in [3.63, 3.8) is 0 Å². The van der Waals surface area contributed by atoms with Crippen molar-refractivity contribution < 1.29 is 22.4 Å². The molecule has 3 aromatic rings. The summed E-state index contributed by atoms with van der Waals surface area (Å²) >= 11 is 1.37. The molecule has 1 aliphatic heterocycles. The molecule has 2 aliphatic rings. The van der Waals surface area contributed by atoms with Crippen molar-refractivity contribution in [2.45, 2.75) is 49.9 Å². The average molecular weight is 488 g/mol. The number of hydrogen-bond donors (Lipinski definition) is 2. The molecule has 0 bridgehead atoms. The molecular weight excluding hydrogens is 469 g/mol. The van der Waals surface area contributed by atoms with Gasteiger partial charge >= 0.3 is 6.18 Å². The number of benzene rings is 1. The summed E-state index contributed by atoms with van der Waals surface area (Å²) in [4.78, 5) is 20.5. The molecule has 1 atom stereocenters. The summed E-state index contributed by atoms with van der Waals surface area (Å²) in [5.41, 5.74) is 1.07. The highest BCUT2D eigenvalue weighted by Crippen LogP contribution is 2.33. The molecular formula is C22H19F3N6O2S. The maximum atomic E-state index is 13.1. The number of aliphatic imine (C=N–C) groups is 1. The van der Waals surface area contributed by atoms with Gasteiger partial charge in [0, 0.05) is 11.8 Å². The number of amides is 1. The fraction of sp³-hybridized carbons (Fsp3) is 0.364. The van der Waals surface area contributed by atoms with E-state index < -0.39 is 17.8 Å². The van der Waals surface area contributed by atoms with Crippen LogP contribution in [-0.4, -0.2) is 50.8 Å². The molecule has 5 rings (SSSR count). The molecule has 1 saturated carbocycles. The smallest absolute Gasteiger partial charge is 0.411 e. The molecule has 0 saturated heterocycles. The number of nitrogens with zero attached hydrogens (tertiary/aromatic N) is 4. The number of thiazole rings is 1. The Morgan fingerprint density at radius 1 is 1.29 bits per heavy atom. The zero-order valence-corrected chi connectivity index (χ0v) is 18.5. The lowest BCUT2D eigenvalue weighted by molar-refractivity contribution is -0.146. The van der Waals surface area contributed by atoms with Crippen molar-refractivity contribution in [3.8, 4) is 0 Å². The van der Waals surface area contributed by atoms with Gasteiger partial charge in [-0.05, 0) is 37.5 Å². The second kappa shape index (κ2) is 8.42. The molecule has 1 unspecified atom stereocenters. The standard InChI is InChI=1S/C22H19F3N6O2S/c23-22(24,25)16-3-1-2-13(27-16)12-4-5-14-15(8-12)34-20(28-14)10-19-31-30-18(33-19)9-17(32)29-21(11-26)6-7-21/h1-2,4-5,8,11,16,26H,3,6-7,9-10H2,(H,29,32). The number of dihydropyridines is 1. The van der Waals surface area contributed by atoms with E-state index in [4.69, 9.17) is 9.83 Å². The van der Waals surface area contributed by atoms with Crippen LogP contribution in [-0.2, 0) is 17.6 Å². The van der Waals surface area contributed by atoms with Crippen molar-refractivity contribution in [3.05, 3.63) is 52.7 Å². The third-order valence-corrected chi connectivity index (χ3v) is 6.63. The topological polar surface area (TPSA) is 117 Å². The SMILES string of the molecule is N=CC1(NC(=O)Cc2nnc(Cc3nc4ccc(C5=NC(C(F)(F)F)CC=C5)cc4s3)o2)CC1. The third kappa shape index (κ3) is 4.76. The van der Waals surface area contributed by atoms with Gasteiger partial charge in [-0.2, -0.15) is 13.2 Å². The fourth-order valence-electron chi connectivity index (χ4n) is 3.62. The molecule has 12 heteroatoms. The lowest BCUT2D eigenvalue weighted by Gasteiger charge is -2.19. The van der Waals surface area contributed by atoms with E-state index >= 15 is 0 Å². The Morgan fingerprint density at radius 2 is 2.09 bits per heavy atom. The molecule has 1 fully saturated rings. The first-order chi connectivity index (χ1) is 16.2. The molecule has 1 amide bonds. The minimum absolute atomic E-state index is 0.0691. The van der Waals surface area contributed by atoms with E-state index in [0.717, 1.165) is 17.5 Å². The largest absolute Gasteiger partial charge is 0.424 e. The van der Waals surface area contributed by atoms with Gasteiger partial charge in [0.2, 0.25) is 17.7 Å². The second-order valence-electron chi connectivity index (χ2n) is 8.29. The zero-order valence-electron chi connectivity index (χ0n) is 17.7. The van der Waals surface area contributed by atoms with Crippen LogP contribution in [0.25, 0.3) is 10.2 Å². The summed E-state index contributed by atoms with van der Waals surface area (Å²) in [6, 6.07) is 3.50. The van der Waals surface area contributed by atoms with E-state index in [-0.39, 0.29) is 31.1 Å². The second-order valence-corrected chi connectivity index (χ2v) is 9.41. The summed E-state index contributed by atoms with van der Waals surface area (Å²) in [6.45, 7) is 0. The summed E-state index contributed by atoms with van der Waals surface area (Å²) in [5.74, 6) is 0.206. The van der Waals surface area contributed by atoms with Crippen LogP contribution in [0.5, 0.6) is 0 Å². The van der Waals surface area contributed by atoms with E-state index in [1.165, 1.54) is 23.6 Å². The number of carbonyl (C=O) groups excluding carboxylic acids is 1. The zero-order chi connectivity index (χ0) is 23.9. The number of hydrogen-bond acceptors (Lipinski definition) is 8. The third-order valence-electron chi connectivity index (χ3n) is 5.61. The molecule has 1 aromatic carbocycles. The van der Waals surface area contributed by atoms with Crippen molar-refractivity contribution in [2.24, 2.45) is 4.99 Å². The number of carbonyl (C=O) groups is 1. The Hall–Kier alpha value is -3.41. The van der Waals surface area contributed by atoms with Gasteiger partial charge in [-0.25, -0.2) is 4.98 Å². The van der Waals surface area contributed by atoms with Crippen LogP contribution in [0.3, 0.4) is 0 Å². The van der Waals surface area contributed by atoms with E-state index in [9.17, 15) is 18.0 Å². The Balaban J connectivity index is 1.27. The first kappa shape index (κ1) is 22.4. The van der Waals surface area contributed by atoms with E-state index in [0.29, 0.717) is 27.7 Å². The minimum atomic E-state index is -4.37. The van der Waals surface area contributed by atoms with Crippen LogP contribution in [0.2, 0.25) is 0 Å². The number of nitrogens with one attached hydrogen (secondary N) is 2. The molecule has 0 spiro atoms. The molecule has 1 aliphatic carbocycles. The lowest BCUT2D eigenvalue weighted by Crippen LogP contribution is -2.38. The monoisotopic (exact) mass is 488 g/mol. The Labute approximate surface area is 195 Å². The van der Waals surface area contributed by atoms with E-state index in [1.807, 2.05) is 0 Å². The molecule has 2 N–H and O–H groups in total. The van der Waals surface area contributed by atoms with Gasteiger partial charge in [0.05, 0.1) is 27.9 Å². The maximum absolute atomic E-state index is 13.1. The van der Waals surface area contributed by atoms with Crippen molar-refractivity contribution in [1.82, 2.24) is 20.5 Å². The van der Waals surface area contributed by atoms with Crippen LogP contribution < -0.4 is 5.32 Å². The summed E-state index contributed by atoms with van der Waals surface area (Å²) < 4.78 is 45.6. The highest BCUT2D eigenvalue weighted by molar-refractivity contribution is 7.18. The number of rotatable bonds is 7. The van der Waals surface area contributed by atoms with Crippen LogP contribution in [0, 0.1) is 5.41 Å². The van der Waals surface area contributed by atoms with Crippen LogP contribution >= 0.6 is 11.3 Å². The molecule has 3 heterocycles. The highest BCUT2D eigenvalue weighted by Gasteiger charge is 2.42. The average Bonchev–Trinajstić information content (AvgIpc) is 3.24. The van der Waals surface area contributed by atoms with Gasteiger partial charge in [-0.1, -0.05) is 12.1 Å². The predicted molar refractivity (Wildman–Crippen MR) is 119 cm³/mol. The fourth-order valence-corrected chi connectivity index (χ4v) is 4.61. The molecule has 34 heavy (non-hydrogen) atoms. The number of aromatic nitrogens is 3. The Kier molecular flexibility index (Phi) is 5.54. The Morgan fingerprint density at radius 3 is 2.82 bits per heavy atom. The highest BCUT2D eigenvalue weighted by atomic mass is 32.1. The number of fused-ring (bicyclic) bond motifs is 1. The quantitative estimate of drug-likeness (QED) is 0.491. The normalized spacial score (nSPS) is 19.1. The summed E-state index contributed by atoms with van der Waals surface area (Å²) in [5, 5.41) is 18.7. The van der Waals surface area contributed by atoms with Crippen molar-refractivity contribution in [2.75, 3.05) is 0 Å². The molecule has 176 valence electrons.